The second-order valence-electron chi connectivity index (χ2n) is 4.69. The number of nitrogens with zero attached hydrogens (tertiary/aromatic N) is 3. The molecule has 1 saturated heterocycles. The summed E-state index contributed by atoms with van der Waals surface area (Å²) >= 11 is 3.47. The highest BCUT2D eigenvalue weighted by molar-refractivity contribution is 9.10. The summed E-state index contributed by atoms with van der Waals surface area (Å²) in [6.07, 6.45) is 3.75. The van der Waals surface area contributed by atoms with Crippen molar-refractivity contribution in [1.82, 2.24) is 9.88 Å². The highest BCUT2D eigenvalue weighted by Crippen LogP contribution is 2.20. The third-order valence-corrected chi connectivity index (χ3v) is 3.83. The third-order valence-electron chi connectivity index (χ3n) is 3.40. The fourth-order valence-electron chi connectivity index (χ4n) is 2.34. The Hall–Kier alpha value is -0.650. The SMILES string of the molecule is COC[C@@H](C)N1CCN(c2cncc(Br)c2)CC1. The Bertz CT molecular complexity index is 380. The van der Waals surface area contributed by atoms with Crippen LogP contribution in [-0.4, -0.2) is 55.8 Å². The Balaban J connectivity index is 1.90. The zero-order chi connectivity index (χ0) is 13.0. The molecule has 1 aromatic rings. The van der Waals surface area contributed by atoms with Gasteiger partial charge in [0.05, 0.1) is 18.5 Å². The van der Waals surface area contributed by atoms with Crippen molar-refractivity contribution in [2.75, 3.05) is 44.8 Å². The number of aromatic nitrogens is 1. The van der Waals surface area contributed by atoms with Gasteiger partial charge in [-0.3, -0.25) is 9.88 Å². The molecule has 4 nitrogen and oxygen atoms in total. The van der Waals surface area contributed by atoms with Crippen molar-refractivity contribution in [2.24, 2.45) is 0 Å². The van der Waals surface area contributed by atoms with Crippen molar-refractivity contribution in [3.05, 3.63) is 22.9 Å². The lowest BCUT2D eigenvalue weighted by Gasteiger charge is -2.38. The van der Waals surface area contributed by atoms with E-state index in [4.69, 9.17) is 4.74 Å². The monoisotopic (exact) mass is 313 g/mol. The molecule has 1 aromatic heterocycles. The molecule has 0 aromatic carbocycles. The minimum Gasteiger partial charge on any atom is -0.383 e. The van der Waals surface area contributed by atoms with Gasteiger partial charge in [-0.2, -0.15) is 0 Å². The number of anilines is 1. The molecule has 0 radical (unpaired) electrons. The topological polar surface area (TPSA) is 28.6 Å². The first kappa shape index (κ1) is 13.8. The normalized spacial score (nSPS) is 18.9. The van der Waals surface area contributed by atoms with Gasteiger partial charge in [0.15, 0.2) is 0 Å². The van der Waals surface area contributed by atoms with Gasteiger partial charge in [0, 0.05) is 50.0 Å². The number of hydrogen-bond donors (Lipinski definition) is 0. The Morgan fingerprint density at radius 1 is 1.33 bits per heavy atom. The van der Waals surface area contributed by atoms with Crippen molar-refractivity contribution in [2.45, 2.75) is 13.0 Å². The van der Waals surface area contributed by atoms with Gasteiger partial charge in [-0.1, -0.05) is 0 Å². The average molecular weight is 314 g/mol. The molecule has 1 aliphatic rings. The summed E-state index contributed by atoms with van der Waals surface area (Å²) in [5, 5.41) is 0. The van der Waals surface area contributed by atoms with Gasteiger partial charge in [-0.05, 0) is 28.9 Å². The molecule has 100 valence electrons. The molecular formula is C13H20BrN3O. The van der Waals surface area contributed by atoms with Crippen LogP contribution in [0.2, 0.25) is 0 Å². The largest absolute Gasteiger partial charge is 0.383 e. The van der Waals surface area contributed by atoms with Crippen LogP contribution >= 0.6 is 15.9 Å². The summed E-state index contributed by atoms with van der Waals surface area (Å²) in [7, 11) is 1.76. The van der Waals surface area contributed by atoms with E-state index in [9.17, 15) is 0 Å². The van der Waals surface area contributed by atoms with Crippen LogP contribution in [0, 0.1) is 0 Å². The van der Waals surface area contributed by atoms with E-state index in [1.165, 1.54) is 5.69 Å². The lowest BCUT2D eigenvalue weighted by atomic mass is 10.2. The maximum atomic E-state index is 5.21. The second-order valence-corrected chi connectivity index (χ2v) is 5.60. The maximum absolute atomic E-state index is 5.21. The molecule has 1 atom stereocenters. The summed E-state index contributed by atoms with van der Waals surface area (Å²) in [5.41, 5.74) is 1.20. The molecule has 1 aliphatic heterocycles. The second kappa shape index (κ2) is 6.50. The minimum atomic E-state index is 0.498. The number of methoxy groups -OCH3 is 1. The fourth-order valence-corrected chi connectivity index (χ4v) is 2.69. The van der Waals surface area contributed by atoms with Gasteiger partial charge in [0.1, 0.15) is 0 Å². The lowest BCUT2D eigenvalue weighted by Crippen LogP contribution is -2.50. The Kier molecular flexibility index (Phi) is 4.97. The first-order valence-corrected chi connectivity index (χ1v) is 7.08. The van der Waals surface area contributed by atoms with E-state index in [0.717, 1.165) is 37.3 Å². The van der Waals surface area contributed by atoms with Crippen LogP contribution < -0.4 is 4.90 Å². The Morgan fingerprint density at radius 2 is 2.06 bits per heavy atom. The predicted octanol–water partition coefficient (Wildman–Crippen LogP) is 2.00. The molecule has 0 unspecified atom stereocenters. The zero-order valence-electron chi connectivity index (χ0n) is 11.0. The van der Waals surface area contributed by atoms with Crippen molar-refractivity contribution in [3.8, 4) is 0 Å². The van der Waals surface area contributed by atoms with Gasteiger partial charge in [-0.25, -0.2) is 0 Å². The van der Waals surface area contributed by atoms with Gasteiger partial charge in [0.2, 0.25) is 0 Å². The molecule has 18 heavy (non-hydrogen) atoms. The van der Waals surface area contributed by atoms with Crippen LogP contribution in [0.5, 0.6) is 0 Å². The third kappa shape index (κ3) is 3.43. The molecule has 5 heteroatoms. The van der Waals surface area contributed by atoms with Crippen molar-refractivity contribution in [1.29, 1.82) is 0 Å². The summed E-state index contributed by atoms with van der Waals surface area (Å²) in [4.78, 5) is 9.08. The van der Waals surface area contributed by atoms with E-state index in [-0.39, 0.29) is 0 Å². The molecule has 0 saturated carbocycles. The zero-order valence-corrected chi connectivity index (χ0v) is 12.6. The summed E-state index contributed by atoms with van der Waals surface area (Å²) < 4.78 is 6.25. The molecular weight excluding hydrogens is 294 g/mol. The van der Waals surface area contributed by atoms with Gasteiger partial charge in [0.25, 0.3) is 0 Å². The smallest absolute Gasteiger partial charge is 0.0615 e. The van der Waals surface area contributed by atoms with E-state index < -0.39 is 0 Å². The van der Waals surface area contributed by atoms with Crippen molar-refractivity contribution < 1.29 is 4.74 Å². The number of piperazine rings is 1. The van der Waals surface area contributed by atoms with Crippen molar-refractivity contribution >= 4 is 21.6 Å². The molecule has 0 spiro atoms. The molecule has 0 N–H and O–H groups in total. The summed E-state index contributed by atoms with van der Waals surface area (Å²) in [5.74, 6) is 0. The number of ether oxygens (including phenoxy) is 1. The summed E-state index contributed by atoms with van der Waals surface area (Å²) in [6.45, 7) is 7.28. The molecule has 0 amide bonds. The molecule has 0 bridgehead atoms. The van der Waals surface area contributed by atoms with Gasteiger partial charge < -0.3 is 9.64 Å². The standard InChI is InChI=1S/C13H20BrN3O/c1-11(10-18-2)16-3-5-17(6-4-16)13-7-12(14)8-15-9-13/h7-9,11H,3-6,10H2,1-2H3/t11-/m1/s1. The van der Waals surface area contributed by atoms with E-state index in [1.54, 1.807) is 7.11 Å². The Labute approximate surface area is 117 Å². The first-order chi connectivity index (χ1) is 8.70. The number of rotatable bonds is 4. The predicted molar refractivity (Wildman–Crippen MR) is 77.1 cm³/mol. The van der Waals surface area contributed by atoms with Gasteiger partial charge in [-0.15, -0.1) is 0 Å². The highest BCUT2D eigenvalue weighted by atomic mass is 79.9. The first-order valence-electron chi connectivity index (χ1n) is 6.29. The van der Waals surface area contributed by atoms with E-state index in [2.05, 4.69) is 43.7 Å². The number of halogens is 1. The maximum Gasteiger partial charge on any atom is 0.0615 e. The van der Waals surface area contributed by atoms with Crippen LogP contribution in [0.25, 0.3) is 0 Å². The molecule has 0 aliphatic carbocycles. The molecule has 2 heterocycles. The van der Waals surface area contributed by atoms with E-state index >= 15 is 0 Å². The molecule has 2 rings (SSSR count). The van der Waals surface area contributed by atoms with Crippen LogP contribution in [0.15, 0.2) is 22.9 Å². The fraction of sp³-hybridized carbons (Fsp3) is 0.615. The Morgan fingerprint density at radius 3 is 2.67 bits per heavy atom. The van der Waals surface area contributed by atoms with Crippen LogP contribution in [0.3, 0.4) is 0 Å². The van der Waals surface area contributed by atoms with Gasteiger partial charge >= 0.3 is 0 Å². The van der Waals surface area contributed by atoms with Crippen LogP contribution in [-0.2, 0) is 4.74 Å². The average Bonchev–Trinajstić information content (AvgIpc) is 2.39. The lowest BCUT2D eigenvalue weighted by molar-refractivity contribution is 0.0953. The molecule has 1 fully saturated rings. The van der Waals surface area contributed by atoms with E-state index in [0.29, 0.717) is 6.04 Å². The minimum absolute atomic E-state index is 0.498. The number of hydrogen-bond acceptors (Lipinski definition) is 4. The van der Waals surface area contributed by atoms with Crippen LogP contribution in [0.1, 0.15) is 6.92 Å². The van der Waals surface area contributed by atoms with Crippen molar-refractivity contribution in [3.63, 3.8) is 0 Å². The van der Waals surface area contributed by atoms with Crippen LogP contribution in [0.4, 0.5) is 5.69 Å². The quantitative estimate of drug-likeness (QED) is 0.850. The number of pyridine rings is 1. The van der Waals surface area contributed by atoms with E-state index in [1.807, 2.05) is 12.4 Å². The highest BCUT2D eigenvalue weighted by Gasteiger charge is 2.21. The summed E-state index contributed by atoms with van der Waals surface area (Å²) in [6, 6.07) is 2.62.